The normalized spacial score (nSPS) is 33.6. The van der Waals surface area contributed by atoms with Gasteiger partial charge in [-0.05, 0) is 39.3 Å². The zero-order chi connectivity index (χ0) is 10.6. The highest BCUT2D eigenvalue weighted by molar-refractivity contribution is 4.95. The van der Waals surface area contributed by atoms with Crippen LogP contribution < -0.4 is 5.73 Å². The van der Waals surface area contributed by atoms with Crippen LogP contribution in [0.25, 0.3) is 0 Å². The first kappa shape index (κ1) is 12.0. The Hall–Kier alpha value is -0.120. The van der Waals surface area contributed by atoms with Crippen LogP contribution in [0, 0.1) is 0 Å². The van der Waals surface area contributed by atoms with Gasteiger partial charge in [0.05, 0.1) is 6.10 Å². The highest BCUT2D eigenvalue weighted by Crippen LogP contribution is 2.33. The fourth-order valence-electron chi connectivity index (χ4n) is 2.51. The Bertz CT molecular complexity index is 175. The molecule has 0 aliphatic heterocycles. The molecule has 0 saturated heterocycles. The summed E-state index contributed by atoms with van der Waals surface area (Å²) in [5.74, 6) is 0. The standard InChI is InChI=1S/C11H24N2O/c1-4-13(2)11(9-12)7-5-6-10(8-11)14-3/h10H,4-9,12H2,1-3H3. The average Bonchev–Trinajstić information content (AvgIpc) is 2.27. The molecule has 1 rings (SSSR count). The number of hydrogen-bond donors (Lipinski definition) is 1. The molecular weight excluding hydrogens is 176 g/mol. The molecule has 14 heavy (non-hydrogen) atoms. The van der Waals surface area contributed by atoms with Crippen LogP contribution in [-0.2, 0) is 4.74 Å². The van der Waals surface area contributed by atoms with E-state index in [1.54, 1.807) is 0 Å². The summed E-state index contributed by atoms with van der Waals surface area (Å²) in [5, 5.41) is 0. The first-order chi connectivity index (χ1) is 6.68. The molecule has 2 unspecified atom stereocenters. The van der Waals surface area contributed by atoms with E-state index in [9.17, 15) is 0 Å². The van der Waals surface area contributed by atoms with Gasteiger partial charge in [0.2, 0.25) is 0 Å². The minimum atomic E-state index is 0.188. The van der Waals surface area contributed by atoms with Crippen LogP contribution in [0.15, 0.2) is 0 Å². The number of nitrogens with zero attached hydrogens (tertiary/aromatic N) is 1. The summed E-state index contributed by atoms with van der Waals surface area (Å²) in [6.45, 7) is 4.00. The predicted octanol–water partition coefficient (Wildman–Crippen LogP) is 1.22. The summed E-state index contributed by atoms with van der Waals surface area (Å²) in [5.41, 5.74) is 6.12. The van der Waals surface area contributed by atoms with Gasteiger partial charge in [-0.1, -0.05) is 6.92 Å². The topological polar surface area (TPSA) is 38.5 Å². The fourth-order valence-corrected chi connectivity index (χ4v) is 2.51. The molecule has 0 heterocycles. The molecule has 3 nitrogen and oxygen atoms in total. The van der Waals surface area contributed by atoms with Crippen molar-refractivity contribution in [2.45, 2.75) is 44.2 Å². The van der Waals surface area contributed by atoms with Gasteiger partial charge in [0.15, 0.2) is 0 Å². The molecule has 1 saturated carbocycles. The van der Waals surface area contributed by atoms with Gasteiger partial charge in [0, 0.05) is 19.2 Å². The maximum Gasteiger partial charge on any atom is 0.0589 e. The highest BCUT2D eigenvalue weighted by Gasteiger charge is 2.37. The molecule has 0 aromatic rings. The third kappa shape index (κ3) is 2.27. The summed E-state index contributed by atoms with van der Waals surface area (Å²) in [6.07, 6.45) is 5.13. The van der Waals surface area contributed by atoms with Crippen LogP contribution in [0.3, 0.4) is 0 Å². The van der Waals surface area contributed by atoms with Gasteiger partial charge in [0.25, 0.3) is 0 Å². The van der Waals surface area contributed by atoms with E-state index >= 15 is 0 Å². The zero-order valence-corrected chi connectivity index (χ0v) is 9.75. The van der Waals surface area contributed by atoms with Crippen molar-refractivity contribution >= 4 is 0 Å². The van der Waals surface area contributed by atoms with E-state index < -0.39 is 0 Å². The Balaban J connectivity index is 2.67. The average molecular weight is 200 g/mol. The Morgan fingerprint density at radius 1 is 1.57 bits per heavy atom. The first-order valence-electron chi connectivity index (χ1n) is 5.62. The van der Waals surface area contributed by atoms with Crippen LogP contribution in [0.4, 0.5) is 0 Å². The van der Waals surface area contributed by atoms with Gasteiger partial charge < -0.3 is 10.5 Å². The maximum atomic E-state index is 5.93. The lowest BCUT2D eigenvalue weighted by Gasteiger charge is -2.46. The molecule has 1 aliphatic carbocycles. The summed E-state index contributed by atoms with van der Waals surface area (Å²) in [7, 11) is 3.98. The van der Waals surface area contributed by atoms with Crippen molar-refractivity contribution in [1.29, 1.82) is 0 Å². The molecule has 0 radical (unpaired) electrons. The van der Waals surface area contributed by atoms with Crippen molar-refractivity contribution in [3.05, 3.63) is 0 Å². The predicted molar refractivity (Wildman–Crippen MR) is 59.4 cm³/mol. The second kappa shape index (κ2) is 5.10. The second-order valence-corrected chi connectivity index (χ2v) is 4.40. The molecule has 1 aliphatic rings. The maximum absolute atomic E-state index is 5.93. The van der Waals surface area contributed by atoms with Crippen LogP contribution >= 0.6 is 0 Å². The second-order valence-electron chi connectivity index (χ2n) is 4.40. The van der Waals surface area contributed by atoms with Crippen molar-refractivity contribution in [1.82, 2.24) is 4.90 Å². The Kier molecular flexibility index (Phi) is 4.35. The van der Waals surface area contributed by atoms with Crippen LogP contribution in [0.2, 0.25) is 0 Å². The van der Waals surface area contributed by atoms with E-state index in [4.69, 9.17) is 10.5 Å². The molecule has 0 spiro atoms. The van der Waals surface area contributed by atoms with Gasteiger partial charge in [-0.25, -0.2) is 0 Å². The molecule has 0 aromatic heterocycles. The van der Waals surface area contributed by atoms with E-state index in [2.05, 4.69) is 18.9 Å². The van der Waals surface area contributed by atoms with E-state index in [0.717, 1.165) is 19.5 Å². The number of nitrogens with two attached hydrogens (primary N) is 1. The Morgan fingerprint density at radius 2 is 2.29 bits per heavy atom. The van der Waals surface area contributed by atoms with Crippen LogP contribution in [-0.4, -0.2) is 43.8 Å². The summed E-state index contributed by atoms with van der Waals surface area (Å²) >= 11 is 0. The van der Waals surface area contributed by atoms with Crippen molar-refractivity contribution < 1.29 is 4.74 Å². The summed E-state index contributed by atoms with van der Waals surface area (Å²) in [4.78, 5) is 2.39. The minimum Gasteiger partial charge on any atom is -0.381 e. The Labute approximate surface area is 87.6 Å². The van der Waals surface area contributed by atoms with Crippen molar-refractivity contribution in [2.24, 2.45) is 5.73 Å². The molecule has 2 atom stereocenters. The smallest absolute Gasteiger partial charge is 0.0589 e. The van der Waals surface area contributed by atoms with E-state index in [-0.39, 0.29) is 5.54 Å². The molecule has 1 fully saturated rings. The van der Waals surface area contributed by atoms with Crippen LogP contribution in [0.1, 0.15) is 32.6 Å². The minimum absolute atomic E-state index is 0.188. The number of ether oxygens (including phenoxy) is 1. The molecule has 0 amide bonds. The third-order valence-electron chi connectivity index (χ3n) is 3.77. The number of rotatable bonds is 4. The lowest BCUT2D eigenvalue weighted by molar-refractivity contribution is -0.00996. The molecule has 0 bridgehead atoms. The fraction of sp³-hybridized carbons (Fsp3) is 1.00. The lowest BCUT2D eigenvalue weighted by atomic mass is 9.79. The molecule has 3 heteroatoms. The summed E-state index contributed by atoms with van der Waals surface area (Å²) in [6, 6.07) is 0. The first-order valence-corrected chi connectivity index (χ1v) is 5.62. The van der Waals surface area contributed by atoms with Crippen LogP contribution in [0.5, 0.6) is 0 Å². The van der Waals surface area contributed by atoms with Crippen molar-refractivity contribution in [2.75, 3.05) is 27.2 Å². The molecular formula is C11H24N2O. The molecule has 2 N–H and O–H groups in total. The monoisotopic (exact) mass is 200 g/mol. The number of methoxy groups -OCH3 is 1. The Morgan fingerprint density at radius 3 is 2.79 bits per heavy atom. The van der Waals surface area contributed by atoms with Gasteiger partial charge >= 0.3 is 0 Å². The van der Waals surface area contributed by atoms with E-state index in [1.807, 2.05) is 7.11 Å². The zero-order valence-electron chi connectivity index (χ0n) is 9.75. The van der Waals surface area contributed by atoms with E-state index in [0.29, 0.717) is 6.10 Å². The van der Waals surface area contributed by atoms with E-state index in [1.165, 1.54) is 19.3 Å². The molecule has 84 valence electrons. The SMILES string of the molecule is CCN(C)C1(CN)CCCC(OC)C1. The third-order valence-corrected chi connectivity index (χ3v) is 3.77. The van der Waals surface area contributed by atoms with Gasteiger partial charge in [-0.15, -0.1) is 0 Å². The molecule has 0 aromatic carbocycles. The van der Waals surface area contributed by atoms with Gasteiger partial charge in [-0.3, -0.25) is 4.90 Å². The van der Waals surface area contributed by atoms with Gasteiger partial charge in [0.1, 0.15) is 0 Å². The summed E-state index contributed by atoms with van der Waals surface area (Å²) < 4.78 is 5.46. The number of hydrogen-bond acceptors (Lipinski definition) is 3. The largest absolute Gasteiger partial charge is 0.381 e. The van der Waals surface area contributed by atoms with Crippen molar-refractivity contribution in [3.8, 4) is 0 Å². The van der Waals surface area contributed by atoms with Crippen molar-refractivity contribution in [3.63, 3.8) is 0 Å². The highest BCUT2D eigenvalue weighted by atomic mass is 16.5. The lowest BCUT2D eigenvalue weighted by Crippen LogP contribution is -2.55. The quantitative estimate of drug-likeness (QED) is 0.741. The number of likely N-dealkylation sites (N-methyl/N-ethyl adjacent to an activating group) is 1. The van der Waals surface area contributed by atoms with Gasteiger partial charge in [-0.2, -0.15) is 0 Å².